The summed E-state index contributed by atoms with van der Waals surface area (Å²) in [5.74, 6) is 1.44. The van der Waals surface area contributed by atoms with Crippen molar-refractivity contribution in [1.29, 1.82) is 0 Å². The summed E-state index contributed by atoms with van der Waals surface area (Å²) in [6.45, 7) is 0.580. The van der Waals surface area contributed by atoms with Crippen LogP contribution in [0.4, 0.5) is 0 Å². The second-order valence-corrected chi connectivity index (χ2v) is 8.00. The van der Waals surface area contributed by atoms with E-state index < -0.39 is 0 Å². The van der Waals surface area contributed by atoms with E-state index in [9.17, 15) is 4.79 Å². The highest BCUT2D eigenvalue weighted by atomic mass is 32.1. The smallest absolute Gasteiger partial charge is 0.220 e. The molecule has 0 saturated heterocycles. The maximum atomic E-state index is 12.3. The standard InChI is InChI=1S/C24H25N3O3S/c1-29-21-10-8-17(14-22(21)30-2)12-13-25-23(28)11-9-19-16-31-24-26-20(15-27(19)24)18-6-4-3-5-7-18/h3-8,10,14-16H,9,11-13H2,1-2H3,(H,25,28). The van der Waals surface area contributed by atoms with E-state index in [1.807, 2.05) is 42.6 Å². The van der Waals surface area contributed by atoms with Gasteiger partial charge >= 0.3 is 0 Å². The normalized spacial score (nSPS) is 10.9. The number of nitrogens with one attached hydrogen (secondary N) is 1. The topological polar surface area (TPSA) is 64.9 Å². The predicted molar refractivity (Wildman–Crippen MR) is 123 cm³/mol. The minimum Gasteiger partial charge on any atom is -0.493 e. The lowest BCUT2D eigenvalue weighted by Gasteiger charge is -2.10. The van der Waals surface area contributed by atoms with Gasteiger partial charge in [0.15, 0.2) is 16.5 Å². The number of nitrogens with zero attached hydrogens (tertiary/aromatic N) is 2. The van der Waals surface area contributed by atoms with Crippen LogP contribution in [0.25, 0.3) is 16.2 Å². The van der Waals surface area contributed by atoms with Crippen LogP contribution < -0.4 is 14.8 Å². The highest BCUT2D eigenvalue weighted by Gasteiger charge is 2.11. The zero-order chi connectivity index (χ0) is 21.6. The molecule has 0 fully saturated rings. The summed E-state index contributed by atoms with van der Waals surface area (Å²) in [7, 11) is 3.24. The van der Waals surface area contributed by atoms with Crippen molar-refractivity contribution in [2.24, 2.45) is 0 Å². The van der Waals surface area contributed by atoms with Crippen LogP contribution in [-0.4, -0.2) is 36.1 Å². The SMILES string of the molecule is COc1ccc(CCNC(=O)CCc2csc3nc(-c4ccccc4)cn23)cc1OC. The van der Waals surface area contributed by atoms with E-state index in [-0.39, 0.29) is 5.91 Å². The zero-order valence-electron chi connectivity index (χ0n) is 17.6. The van der Waals surface area contributed by atoms with Gasteiger partial charge in [0.1, 0.15) is 0 Å². The monoisotopic (exact) mass is 435 g/mol. The molecule has 0 aliphatic heterocycles. The number of amides is 1. The lowest BCUT2D eigenvalue weighted by molar-refractivity contribution is -0.121. The van der Waals surface area contributed by atoms with Crippen molar-refractivity contribution in [3.05, 3.63) is 71.4 Å². The molecular weight excluding hydrogens is 410 g/mol. The van der Waals surface area contributed by atoms with E-state index in [1.54, 1.807) is 25.6 Å². The number of aryl methyl sites for hydroxylation is 1. The van der Waals surface area contributed by atoms with Crippen molar-refractivity contribution >= 4 is 22.2 Å². The molecule has 7 heteroatoms. The number of aromatic nitrogens is 2. The molecular formula is C24H25N3O3S. The van der Waals surface area contributed by atoms with Gasteiger partial charge in [-0.25, -0.2) is 4.98 Å². The molecule has 0 aliphatic rings. The molecule has 0 spiro atoms. The number of thiazole rings is 1. The number of rotatable bonds is 9. The summed E-state index contributed by atoms with van der Waals surface area (Å²) in [5.41, 5.74) is 4.24. The first kappa shape index (κ1) is 20.9. The third-order valence-corrected chi connectivity index (χ3v) is 6.03. The Hall–Kier alpha value is -3.32. The van der Waals surface area contributed by atoms with Crippen LogP contribution in [0.3, 0.4) is 0 Å². The molecule has 6 nitrogen and oxygen atoms in total. The number of hydrogen-bond donors (Lipinski definition) is 1. The quantitative estimate of drug-likeness (QED) is 0.424. The van der Waals surface area contributed by atoms with Crippen LogP contribution in [0.1, 0.15) is 17.7 Å². The van der Waals surface area contributed by atoms with Gasteiger partial charge in [-0.15, -0.1) is 11.3 Å². The summed E-state index contributed by atoms with van der Waals surface area (Å²) in [5, 5.41) is 5.08. The average molecular weight is 436 g/mol. The molecule has 0 saturated carbocycles. The lowest BCUT2D eigenvalue weighted by atomic mass is 10.1. The molecule has 0 bridgehead atoms. The van der Waals surface area contributed by atoms with Crippen LogP contribution in [0.2, 0.25) is 0 Å². The number of hydrogen-bond acceptors (Lipinski definition) is 5. The minimum atomic E-state index is 0.0447. The molecule has 31 heavy (non-hydrogen) atoms. The second kappa shape index (κ2) is 9.66. The van der Waals surface area contributed by atoms with Gasteiger partial charge in [0.2, 0.25) is 5.91 Å². The molecule has 2 heterocycles. The number of fused-ring (bicyclic) bond motifs is 1. The Balaban J connectivity index is 1.30. The number of carbonyl (C=O) groups is 1. The van der Waals surface area contributed by atoms with E-state index in [4.69, 9.17) is 14.5 Å². The minimum absolute atomic E-state index is 0.0447. The van der Waals surface area contributed by atoms with Gasteiger partial charge in [-0.2, -0.15) is 0 Å². The number of benzene rings is 2. The van der Waals surface area contributed by atoms with E-state index in [2.05, 4.69) is 27.2 Å². The number of methoxy groups -OCH3 is 2. The summed E-state index contributed by atoms with van der Waals surface area (Å²) < 4.78 is 12.7. The molecule has 4 aromatic rings. The number of carbonyl (C=O) groups excluding carboxylic acids is 1. The first-order valence-electron chi connectivity index (χ1n) is 10.2. The zero-order valence-corrected chi connectivity index (χ0v) is 18.4. The fourth-order valence-corrected chi connectivity index (χ4v) is 4.38. The summed E-state index contributed by atoms with van der Waals surface area (Å²) in [6.07, 6.45) is 3.89. The predicted octanol–water partition coefficient (Wildman–Crippen LogP) is 4.37. The highest BCUT2D eigenvalue weighted by molar-refractivity contribution is 7.15. The third kappa shape index (κ3) is 4.88. The van der Waals surface area contributed by atoms with Gasteiger partial charge in [-0.05, 0) is 30.5 Å². The first-order chi connectivity index (χ1) is 15.2. The summed E-state index contributed by atoms with van der Waals surface area (Å²) in [4.78, 5) is 18.0. The molecule has 0 aliphatic carbocycles. The number of imidazole rings is 1. The molecule has 2 aromatic heterocycles. The van der Waals surface area contributed by atoms with E-state index in [0.717, 1.165) is 33.9 Å². The van der Waals surface area contributed by atoms with Gasteiger partial charge < -0.3 is 14.8 Å². The molecule has 0 atom stereocenters. The Morgan fingerprint density at radius 3 is 2.65 bits per heavy atom. The van der Waals surface area contributed by atoms with Crippen molar-refractivity contribution in [2.45, 2.75) is 19.3 Å². The third-order valence-electron chi connectivity index (χ3n) is 5.14. The van der Waals surface area contributed by atoms with Gasteiger partial charge in [-0.1, -0.05) is 36.4 Å². The second-order valence-electron chi connectivity index (χ2n) is 7.16. The molecule has 1 N–H and O–H groups in total. The Bertz CT molecular complexity index is 1170. The molecule has 1 amide bonds. The first-order valence-corrected chi connectivity index (χ1v) is 11.0. The van der Waals surface area contributed by atoms with Gasteiger partial charge in [0.05, 0.1) is 19.9 Å². The van der Waals surface area contributed by atoms with Crippen molar-refractivity contribution in [2.75, 3.05) is 20.8 Å². The molecule has 0 radical (unpaired) electrons. The fourth-order valence-electron chi connectivity index (χ4n) is 3.47. The fraction of sp³-hybridized carbons (Fsp3) is 0.250. The maximum absolute atomic E-state index is 12.3. The Morgan fingerprint density at radius 1 is 1.06 bits per heavy atom. The lowest BCUT2D eigenvalue weighted by Crippen LogP contribution is -2.26. The molecule has 0 unspecified atom stereocenters. The van der Waals surface area contributed by atoms with Crippen LogP contribution in [0.15, 0.2) is 60.1 Å². The van der Waals surface area contributed by atoms with Crippen LogP contribution in [-0.2, 0) is 17.6 Å². The highest BCUT2D eigenvalue weighted by Crippen LogP contribution is 2.27. The van der Waals surface area contributed by atoms with E-state index >= 15 is 0 Å². The maximum Gasteiger partial charge on any atom is 0.220 e. The van der Waals surface area contributed by atoms with Crippen LogP contribution >= 0.6 is 11.3 Å². The Morgan fingerprint density at radius 2 is 1.87 bits per heavy atom. The van der Waals surface area contributed by atoms with Crippen molar-refractivity contribution < 1.29 is 14.3 Å². The van der Waals surface area contributed by atoms with Gasteiger partial charge in [-0.3, -0.25) is 9.20 Å². The number of ether oxygens (including phenoxy) is 2. The average Bonchev–Trinajstić information content (AvgIpc) is 3.39. The molecule has 160 valence electrons. The van der Waals surface area contributed by atoms with E-state index in [1.165, 1.54) is 0 Å². The van der Waals surface area contributed by atoms with E-state index in [0.29, 0.717) is 30.9 Å². The van der Waals surface area contributed by atoms with Gasteiger partial charge in [0, 0.05) is 35.8 Å². The molecule has 4 rings (SSSR count). The summed E-state index contributed by atoms with van der Waals surface area (Å²) >= 11 is 1.60. The largest absolute Gasteiger partial charge is 0.493 e. The van der Waals surface area contributed by atoms with Crippen LogP contribution in [0, 0.1) is 0 Å². The summed E-state index contributed by atoms with van der Waals surface area (Å²) in [6, 6.07) is 15.9. The molecule has 2 aromatic carbocycles. The van der Waals surface area contributed by atoms with Crippen LogP contribution in [0.5, 0.6) is 11.5 Å². The van der Waals surface area contributed by atoms with Crippen molar-refractivity contribution in [3.63, 3.8) is 0 Å². The van der Waals surface area contributed by atoms with Gasteiger partial charge in [0.25, 0.3) is 0 Å². The Kier molecular flexibility index (Phi) is 6.52. The van der Waals surface area contributed by atoms with Crippen molar-refractivity contribution in [3.8, 4) is 22.8 Å². The van der Waals surface area contributed by atoms with Crippen molar-refractivity contribution in [1.82, 2.24) is 14.7 Å². The Labute approximate surface area is 185 Å².